The number of thiazole rings is 1. The van der Waals surface area contributed by atoms with E-state index in [1.54, 1.807) is 12.1 Å². The molecule has 3 aromatic rings. The number of hydrogen-bond acceptors (Lipinski definition) is 6. The number of carbonyl (C=O) groups is 1. The SMILES string of the molecule is Cc1sc(NC(=O)c2ccccc2)nc1-c1ccc(OCCN2CCOCC2)cc1. The van der Waals surface area contributed by atoms with E-state index in [1.165, 1.54) is 11.3 Å². The van der Waals surface area contributed by atoms with Crippen LogP contribution in [0, 0.1) is 6.92 Å². The van der Waals surface area contributed by atoms with Crippen molar-refractivity contribution in [3.8, 4) is 17.0 Å². The van der Waals surface area contributed by atoms with Crippen LogP contribution in [0.5, 0.6) is 5.75 Å². The molecule has 0 atom stereocenters. The molecule has 1 aliphatic rings. The molecule has 0 bridgehead atoms. The van der Waals surface area contributed by atoms with Gasteiger partial charge in [-0.3, -0.25) is 15.0 Å². The van der Waals surface area contributed by atoms with Gasteiger partial charge in [0.05, 0.1) is 18.9 Å². The molecule has 4 rings (SSSR count). The van der Waals surface area contributed by atoms with Crippen LogP contribution in [0.25, 0.3) is 11.3 Å². The number of anilines is 1. The topological polar surface area (TPSA) is 63.7 Å². The zero-order chi connectivity index (χ0) is 20.8. The van der Waals surface area contributed by atoms with Crippen molar-refractivity contribution in [1.82, 2.24) is 9.88 Å². The minimum absolute atomic E-state index is 0.153. The first-order valence-electron chi connectivity index (χ1n) is 10.1. The van der Waals surface area contributed by atoms with Gasteiger partial charge in [0.15, 0.2) is 5.13 Å². The van der Waals surface area contributed by atoms with Crippen LogP contribution in [0.1, 0.15) is 15.2 Å². The molecule has 0 spiro atoms. The van der Waals surface area contributed by atoms with Gasteiger partial charge in [-0.1, -0.05) is 18.2 Å². The van der Waals surface area contributed by atoms with Gasteiger partial charge < -0.3 is 9.47 Å². The molecule has 1 saturated heterocycles. The molecule has 7 heteroatoms. The highest BCUT2D eigenvalue weighted by molar-refractivity contribution is 7.16. The van der Waals surface area contributed by atoms with Crippen LogP contribution in [0.15, 0.2) is 54.6 Å². The Hall–Kier alpha value is -2.74. The van der Waals surface area contributed by atoms with Crippen molar-refractivity contribution in [2.45, 2.75) is 6.92 Å². The second-order valence-electron chi connectivity index (χ2n) is 7.07. The monoisotopic (exact) mass is 423 g/mol. The fourth-order valence-electron chi connectivity index (χ4n) is 3.30. The van der Waals surface area contributed by atoms with Crippen LogP contribution >= 0.6 is 11.3 Å². The predicted octanol–water partition coefficient (Wildman–Crippen LogP) is 4.08. The van der Waals surface area contributed by atoms with Gasteiger partial charge in [0.2, 0.25) is 0 Å². The Bertz CT molecular complexity index is 967. The molecule has 1 amide bonds. The quantitative estimate of drug-likeness (QED) is 0.620. The van der Waals surface area contributed by atoms with Gasteiger partial charge in [-0.2, -0.15) is 0 Å². The van der Waals surface area contributed by atoms with Crippen LogP contribution in [0.3, 0.4) is 0 Å². The molecule has 0 radical (unpaired) electrons. The molecule has 1 aromatic heterocycles. The van der Waals surface area contributed by atoms with Crippen molar-refractivity contribution in [3.05, 3.63) is 65.0 Å². The minimum atomic E-state index is -0.153. The summed E-state index contributed by atoms with van der Waals surface area (Å²) in [5, 5.41) is 3.49. The van der Waals surface area contributed by atoms with Gasteiger partial charge in [0.25, 0.3) is 5.91 Å². The van der Waals surface area contributed by atoms with Crippen LogP contribution in [0.2, 0.25) is 0 Å². The molecular weight excluding hydrogens is 398 g/mol. The second-order valence-corrected chi connectivity index (χ2v) is 8.27. The first-order valence-corrected chi connectivity index (χ1v) is 10.9. The van der Waals surface area contributed by atoms with E-state index < -0.39 is 0 Å². The normalized spacial score (nSPS) is 14.4. The first kappa shape index (κ1) is 20.5. The second kappa shape index (κ2) is 9.84. The molecule has 0 aliphatic carbocycles. The molecule has 0 unspecified atom stereocenters. The number of rotatable bonds is 7. The molecule has 1 aliphatic heterocycles. The van der Waals surface area contributed by atoms with Crippen molar-refractivity contribution in [2.75, 3.05) is 44.8 Å². The Morgan fingerprint density at radius 3 is 2.60 bits per heavy atom. The van der Waals surface area contributed by atoms with Crippen LogP contribution in [-0.2, 0) is 4.74 Å². The molecule has 0 saturated carbocycles. The summed E-state index contributed by atoms with van der Waals surface area (Å²) in [7, 11) is 0. The van der Waals surface area contributed by atoms with Crippen LogP contribution < -0.4 is 10.1 Å². The van der Waals surface area contributed by atoms with Gasteiger partial charge in [-0.05, 0) is 43.3 Å². The standard InChI is InChI=1S/C23H25N3O3S/c1-17-21(24-23(30-17)25-22(27)19-5-3-2-4-6-19)18-7-9-20(10-8-18)29-16-13-26-11-14-28-15-12-26/h2-10H,11-16H2,1H3,(H,24,25,27). The number of nitrogens with one attached hydrogen (secondary N) is 1. The molecule has 6 nitrogen and oxygen atoms in total. The highest BCUT2D eigenvalue weighted by atomic mass is 32.1. The molecule has 156 valence electrons. The predicted molar refractivity (Wildman–Crippen MR) is 119 cm³/mol. The third-order valence-corrected chi connectivity index (χ3v) is 5.85. The Morgan fingerprint density at radius 1 is 1.13 bits per heavy atom. The van der Waals surface area contributed by atoms with E-state index in [4.69, 9.17) is 9.47 Å². The van der Waals surface area contributed by atoms with E-state index in [2.05, 4.69) is 15.2 Å². The third kappa shape index (κ3) is 5.24. The van der Waals surface area contributed by atoms with Gasteiger partial charge >= 0.3 is 0 Å². The van der Waals surface area contributed by atoms with Gasteiger partial charge in [0.1, 0.15) is 12.4 Å². The van der Waals surface area contributed by atoms with Crippen molar-refractivity contribution < 1.29 is 14.3 Å². The minimum Gasteiger partial charge on any atom is -0.492 e. The summed E-state index contributed by atoms with van der Waals surface area (Å²) in [6.07, 6.45) is 0. The number of aryl methyl sites for hydroxylation is 1. The van der Waals surface area contributed by atoms with E-state index in [1.807, 2.05) is 49.4 Å². The van der Waals surface area contributed by atoms with E-state index in [0.29, 0.717) is 17.3 Å². The highest BCUT2D eigenvalue weighted by Crippen LogP contribution is 2.31. The number of ether oxygens (including phenoxy) is 2. The fraction of sp³-hybridized carbons (Fsp3) is 0.304. The summed E-state index contributed by atoms with van der Waals surface area (Å²) in [4.78, 5) is 20.4. The summed E-state index contributed by atoms with van der Waals surface area (Å²) in [6.45, 7) is 7.11. The lowest BCUT2D eigenvalue weighted by Gasteiger charge is -2.26. The summed E-state index contributed by atoms with van der Waals surface area (Å²) < 4.78 is 11.2. The Labute approximate surface area is 180 Å². The zero-order valence-electron chi connectivity index (χ0n) is 17.0. The van der Waals surface area contributed by atoms with Gasteiger partial charge in [0, 0.05) is 35.6 Å². The number of hydrogen-bond donors (Lipinski definition) is 1. The average molecular weight is 424 g/mol. The molecule has 1 fully saturated rings. The summed E-state index contributed by atoms with van der Waals surface area (Å²) in [6, 6.07) is 17.1. The largest absolute Gasteiger partial charge is 0.492 e. The maximum atomic E-state index is 12.4. The van der Waals surface area contributed by atoms with Gasteiger partial charge in [-0.25, -0.2) is 4.98 Å². The van der Waals surface area contributed by atoms with Crippen molar-refractivity contribution in [2.24, 2.45) is 0 Å². The summed E-state index contributed by atoms with van der Waals surface area (Å²) in [5.74, 6) is 0.692. The number of carbonyl (C=O) groups excluding carboxylic acids is 1. The summed E-state index contributed by atoms with van der Waals surface area (Å²) in [5.41, 5.74) is 2.50. The molecule has 1 N–H and O–H groups in total. The average Bonchev–Trinajstić information content (AvgIpc) is 3.15. The number of aromatic nitrogens is 1. The lowest BCUT2D eigenvalue weighted by atomic mass is 10.1. The number of benzene rings is 2. The van der Waals surface area contributed by atoms with Crippen LogP contribution in [0.4, 0.5) is 5.13 Å². The van der Waals surface area contributed by atoms with E-state index in [9.17, 15) is 4.79 Å². The van der Waals surface area contributed by atoms with Gasteiger partial charge in [-0.15, -0.1) is 11.3 Å². The lowest BCUT2D eigenvalue weighted by molar-refractivity contribution is 0.0322. The van der Waals surface area contributed by atoms with Crippen molar-refractivity contribution in [1.29, 1.82) is 0 Å². The van der Waals surface area contributed by atoms with Crippen LogP contribution in [-0.4, -0.2) is 55.2 Å². The third-order valence-electron chi connectivity index (χ3n) is 4.96. The molecular formula is C23H25N3O3S. The zero-order valence-corrected chi connectivity index (χ0v) is 17.8. The van der Waals surface area contributed by atoms with Crippen molar-refractivity contribution >= 4 is 22.4 Å². The van der Waals surface area contributed by atoms with E-state index >= 15 is 0 Å². The fourth-order valence-corrected chi connectivity index (χ4v) is 4.13. The molecule has 2 heterocycles. The number of nitrogens with zero attached hydrogens (tertiary/aromatic N) is 2. The Kier molecular flexibility index (Phi) is 6.74. The maximum Gasteiger partial charge on any atom is 0.257 e. The smallest absolute Gasteiger partial charge is 0.257 e. The Balaban J connectivity index is 1.35. The highest BCUT2D eigenvalue weighted by Gasteiger charge is 2.14. The summed E-state index contributed by atoms with van der Waals surface area (Å²) >= 11 is 1.48. The molecule has 2 aromatic carbocycles. The maximum absolute atomic E-state index is 12.4. The number of amides is 1. The molecule has 30 heavy (non-hydrogen) atoms. The van der Waals surface area contributed by atoms with E-state index in [-0.39, 0.29) is 5.91 Å². The first-order chi connectivity index (χ1) is 14.7. The number of morpholine rings is 1. The van der Waals surface area contributed by atoms with E-state index in [0.717, 1.165) is 54.7 Å². The Morgan fingerprint density at radius 2 is 1.87 bits per heavy atom. The lowest BCUT2D eigenvalue weighted by Crippen LogP contribution is -2.38. The van der Waals surface area contributed by atoms with Crippen molar-refractivity contribution in [3.63, 3.8) is 0 Å².